The number of non-ortho nitro benzene ring substituents is 1. The number of hydrogen-bond acceptors (Lipinski definition) is 7. The zero-order valence-corrected chi connectivity index (χ0v) is 22.0. The van der Waals surface area contributed by atoms with E-state index in [4.69, 9.17) is 16.3 Å². The minimum Gasteiger partial charge on any atom is -0.482 e. The quantitative estimate of drug-likeness (QED) is 0.203. The highest BCUT2D eigenvalue weighted by atomic mass is 35.5. The Labute approximate surface area is 227 Å². The Morgan fingerprint density at radius 1 is 1.11 bits per heavy atom. The van der Waals surface area contributed by atoms with Crippen LogP contribution in [0.15, 0.2) is 65.6 Å². The molecule has 9 nitrogen and oxygen atoms in total. The Morgan fingerprint density at radius 3 is 2.53 bits per heavy atom. The second-order valence-corrected chi connectivity index (χ2v) is 9.94. The van der Waals surface area contributed by atoms with Crippen LogP contribution in [-0.2, 0) is 16.1 Å². The second-order valence-electron chi connectivity index (χ2n) is 8.54. The van der Waals surface area contributed by atoms with Gasteiger partial charge in [0, 0.05) is 17.8 Å². The minimum atomic E-state index is -0.519. The van der Waals surface area contributed by atoms with Crippen molar-refractivity contribution in [3.8, 4) is 5.75 Å². The summed E-state index contributed by atoms with van der Waals surface area (Å²) in [6, 6.07) is 16.2. The minimum absolute atomic E-state index is 0.00231. The molecule has 3 aromatic rings. The van der Waals surface area contributed by atoms with Crippen LogP contribution in [0.4, 0.5) is 16.2 Å². The van der Waals surface area contributed by atoms with Crippen molar-refractivity contribution in [2.24, 2.45) is 0 Å². The van der Waals surface area contributed by atoms with Crippen LogP contribution >= 0.6 is 23.4 Å². The second kappa shape index (κ2) is 11.5. The van der Waals surface area contributed by atoms with Crippen molar-refractivity contribution >= 4 is 57.9 Å². The number of thioether (sulfide) groups is 1. The lowest BCUT2D eigenvalue weighted by Gasteiger charge is -2.12. The average molecular weight is 552 g/mol. The highest BCUT2D eigenvalue weighted by Crippen LogP contribution is 2.35. The Balaban J connectivity index is 1.38. The molecule has 0 bridgehead atoms. The molecule has 194 valence electrons. The van der Waals surface area contributed by atoms with Crippen molar-refractivity contribution in [3.63, 3.8) is 0 Å². The molecule has 1 fully saturated rings. The van der Waals surface area contributed by atoms with Crippen LogP contribution in [0, 0.1) is 24.0 Å². The fraction of sp³-hybridized carbons (Fsp3) is 0.148. The van der Waals surface area contributed by atoms with Crippen LogP contribution in [0.25, 0.3) is 6.08 Å². The largest absolute Gasteiger partial charge is 0.482 e. The first-order valence-corrected chi connectivity index (χ1v) is 12.6. The number of rotatable bonds is 8. The van der Waals surface area contributed by atoms with E-state index in [1.165, 1.54) is 24.3 Å². The van der Waals surface area contributed by atoms with Crippen LogP contribution in [-0.4, -0.2) is 33.5 Å². The summed E-state index contributed by atoms with van der Waals surface area (Å²) in [4.78, 5) is 49.2. The molecule has 0 aromatic heterocycles. The van der Waals surface area contributed by atoms with Gasteiger partial charge in [0.15, 0.2) is 6.61 Å². The Kier molecular flexibility index (Phi) is 8.13. The predicted molar refractivity (Wildman–Crippen MR) is 146 cm³/mol. The summed E-state index contributed by atoms with van der Waals surface area (Å²) in [5.41, 5.74) is 3.75. The van der Waals surface area contributed by atoms with Gasteiger partial charge in [-0.15, -0.1) is 0 Å². The number of nitro groups is 1. The molecule has 1 saturated heterocycles. The highest BCUT2D eigenvalue weighted by Gasteiger charge is 2.35. The number of hydrogen-bond donors (Lipinski definition) is 1. The first-order valence-electron chi connectivity index (χ1n) is 11.4. The maximum Gasteiger partial charge on any atom is 0.293 e. The van der Waals surface area contributed by atoms with Crippen LogP contribution in [0.2, 0.25) is 5.02 Å². The molecule has 11 heteroatoms. The van der Waals surface area contributed by atoms with Crippen molar-refractivity contribution in [1.29, 1.82) is 0 Å². The smallest absolute Gasteiger partial charge is 0.293 e. The molecule has 1 aliphatic heterocycles. The summed E-state index contributed by atoms with van der Waals surface area (Å²) in [6.07, 6.45) is 1.55. The fourth-order valence-corrected chi connectivity index (χ4v) is 4.70. The first kappa shape index (κ1) is 26.9. The lowest BCUT2D eigenvalue weighted by Crippen LogP contribution is -2.27. The number of imide groups is 1. The van der Waals surface area contributed by atoms with Crippen molar-refractivity contribution in [1.82, 2.24) is 4.90 Å². The van der Waals surface area contributed by atoms with Crippen LogP contribution in [0.3, 0.4) is 0 Å². The van der Waals surface area contributed by atoms with Gasteiger partial charge in [-0.25, -0.2) is 0 Å². The van der Waals surface area contributed by atoms with Crippen LogP contribution < -0.4 is 10.1 Å². The van der Waals surface area contributed by atoms with Gasteiger partial charge in [0.1, 0.15) is 5.75 Å². The van der Waals surface area contributed by atoms with Gasteiger partial charge < -0.3 is 10.1 Å². The number of nitro benzene ring substituents is 1. The lowest BCUT2D eigenvalue weighted by molar-refractivity contribution is -0.384. The summed E-state index contributed by atoms with van der Waals surface area (Å²) in [6.45, 7) is 3.59. The third kappa shape index (κ3) is 6.39. The summed E-state index contributed by atoms with van der Waals surface area (Å²) < 4.78 is 5.57. The number of amides is 3. The van der Waals surface area contributed by atoms with E-state index in [0.717, 1.165) is 27.8 Å². The lowest BCUT2D eigenvalue weighted by atomic mass is 10.1. The average Bonchev–Trinajstić information content (AvgIpc) is 3.13. The maximum absolute atomic E-state index is 12.8. The Hall–Kier alpha value is -4.15. The number of anilines is 1. The first-order chi connectivity index (χ1) is 18.1. The number of nitrogens with zero attached hydrogens (tertiary/aromatic N) is 2. The van der Waals surface area contributed by atoms with E-state index in [0.29, 0.717) is 22.6 Å². The molecule has 0 atom stereocenters. The molecule has 3 amide bonds. The van der Waals surface area contributed by atoms with Gasteiger partial charge in [0.25, 0.3) is 22.7 Å². The van der Waals surface area contributed by atoms with Crippen molar-refractivity contribution in [3.05, 3.63) is 103 Å². The zero-order chi connectivity index (χ0) is 27.4. The number of nitrogens with one attached hydrogen (secondary N) is 1. The predicted octanol–water partition coefficient (Wildman–Crippen LogP) is 6.12. The molecule has 38 heavy (non-hydrogen) atoms. The summed E-state index contributed by atoms with van der Waals surface area (Å²) in [5.74, 6) is -0.510. The zero-order valence-electron chi connectivity index (χ0n) is 20.4. The van der Waals surface area contributed by atoms with E-state index >= 15 is 0 Å². The van der Waals surface area contributed by atoms with E-state index in [-0.39, 0.29) is 34.7 Å². The summed E-state index contributed by atoms with van der Waals surface area (Å²) in [7, 11) is 0. The number of halogens is 1. The normalized spacial score (nSPS) is 14.2. The molecule has 4 rings (SSSR count). The van der Waals surface area contributed by atoms with Crippen LogP contribution in [0.1, 0.15) is 22.3 Å². The van der Waals surface area contributed by atoms with Crippen LogP contribution in [0.5, 0.6) is 5.75 Å². The van der Waals surface area contributed by atoms with E-state index in [1.54, 1.807) is 24.3 Å². The van der Waals surface area contributed by atoms with Gasteiger partial charge in [-0.05, 0) is 72.1 Å². The molecule has 3 aromatic carbocycles. The van der Waals surface area contributed by atoms with E-state index in [1.807, 2.05) is 32.0 Å². The topological polar surface area (TPSA) is 119 Å². The number of carbonyl (C=O) groups is 3. The summed E-state index contributed by atoms with van der Waals surface area (Å²) in [5, 5.41) is 13.4. The molecule has 0 radical (unpaired) electrons. The molecule has 0 unspecified atom stereocenters. The number of ether oxygens (including phenoxy) is 1. The third-order valence-corrected chi connectivity index (χ3v) is 6.84. The molecule has 0 saturated carbocycles. The van der Waals surface area contributed by atoms with Gasteiger partial charge in [-0.1, -0.05) is 41.9 Å². The maximum atomic E-state index is 12.8. The molecule has 0 aliphatic carbocycles. The molecule has 1 N–H and O–H groups in total. The van der Waals surface area contributed by atoms with Crippen molar-refractivity contribution < 1.29 is 24.0 Å². The third-order valence-electron chi connectivity index (χ3n) is 5.64. The monoisotopic (exact) mass is 551 g/mol. The van der Waals surface area contributed by atoms with E-state index in [2.05, 4.69) is 5.32 Å². The summed E-state index contributed by atoms with van der Waals surface area (Å²) >= 11 is 7.13. The standard InChI is InChI=1S/C27H22ClN3O6S/c1-16-3-4-17(2)22(11-16)29-25(32)15-37-23-10-7-19(12-21(23)28)13-24-26(33)30(27(34)38-24)14-18-5-8-20(9-6-18)31(35)36/h3-13H,14-15H2,1-2H3,(H,29,32)/b24-13-. The SMILES string of the molecule is Cc1ccc(C)c(NC(=O)COc2ccc(/C=C3\SC(=O)N(Cc4ccc([N+](=O)[O-])cc4)C3=O)cc2Cl)c1. The van der Waals surface area contributed by atoms with Gasteiger partial charge in [-0.3, -0.25) is 29.4 Å². The van der Waals surface area contributed by atoms with Gasteiger partial charge in [-0.2, -0.15) is 0 Å². The van der Waals surface area contributed by atoms with Gasteiger partial charge in [0.2, 0.25) is 0 Å². The molecular formula is C27H22ClN3O6S. The fourth-order valence-electron chi connectivity index (χ4n) is 3.62. The highest BCUT2D eigenvalue weighted by molar-refractivity contribution is 8.18. The van der Waals surface area contributed by atoms with Crippen molar-refractivity contribution in [2.75, 3.05) is 11.9 Å². The Bertz CT molecular complexity index is 1470. The molecule has 1 heterocycles. The van der Waals surface area contributed by atoms with Crippen molar-refractivity contribution in [2.45, 2.75) is 20.4 Å². The molecule has 0 spiro atoms. The van der Waals surface area contributed by atoms with E-state index in [9.17, 15) is 24.5 Å². The van der Waals surface area contributed by atoms with Gasteiger partial charge >= 0.3 is 0 Å². The van der Waals surface area contributed by atoms with E-state index < -0.39 is 16.1 Å². The van der Waals surface area contributed by atoms with Gasteiger partial charge in [0.05, 0.1) is 21.4 Å². The number of carbonyl (C=O) groups excluding carboxylic acids is 3. The molecular weight excluding hydrogens is 530 g/mol. The molecule has 1 aliphatic rings. The Morgan fingerprint density at radius 2 is 1.84 bits per heavy atom. The number of benzene rings is 3. The number of aryl methyl sites for hydroxylation is 2.